The summed E-state index contributed by atoms with van der Waals surface area (Å²) >= 11 is 3.44. The van der Waals surface area contributed by atoms with Crippen LogP contribution in [0.1, 0.15) is 24.5 Å². The van der Waals surface area contributed by atoms with Gasteiger partial charge in [0.15, 0.2) is 0 Å². The van der Waals surface area contributed by atoms with Crippen molar-refractivity contribution in [1.82, 2.24) is 10.2 Å². The van der Waals surface area contributed by atoms with E-state index in [1.54, 1.807) is 4.90 Å². The molecule has 2 saturated heterocycles. The Labute approximate surface area is 191 Å². The van der Waals surface area contributed by atoms with E-state index in [0.29, 0.717) is 13.1 Å². The monoisotopic (exact) mass is 485 g/mol. The third kappa shape index (κ3) is 5.73. The zero-order chi connectivity index (χ0) is 21.8. The molecule has 7 heteroatoms. The molecule has 6 nitrogen and oxygen atoms in total. The number of halogens is 1. The molecule has 2 amide bonds. The number of rotatable bonds is 6. The van der Waals surface area contributed by atoms with Gasteiger partial charge in [0.2, 0.25) is 11.8 Å². The van der Waals surface area contributed by atoms with Crippen molar-refractivity contribution in [2.75, 3.05) is 31.1 Å². The van der Waals surface area contributed by atoms with Crippen LogP contribution in [0, 0.1) is 5.92 Å². The van der Waals surface area contributed by atoms with E-state index in [-0.39, 0.29) is 30.3 Å². The first-order valence-corrected chi connectivity index (χ1v) is 11.5. The molecule has 0 radical (unpaired) electrons. The number of hydrogen-bond donors (Lipinski definition) is 1. The highest BCUT2D eigenvalue weighted by molar-refractivity contribution is 9.10. The molecule has 2 aromatic rings. The fraction of sp³-hybridized carbons (Fsp3) is 0.417. The molecule has 164 valence electrons. The Hall–Kier alpha value is -2.22. The summed E-state index contributed by atoms with van der Waals surface area (Å²) in [5, 5.41) is 3.02. The van der Waals surface area contributed by atoms with Gasteiger partial charge in [0.05, 0.1) is 18.6 Å². The molecule has 2 heterocycles. The minimum Gasteiger partial charge on any atom is -0.376 e. The van der Waals surface area contributed by atoms with Crippen molar-refractivity contribution < 1.29 is 14.3 Å². The Morgan fingerprint density at radius 3 is 2.77 bits per heavy atom. The number of carbonyl (C=O) groups excluding carboxylic acids is 2. The van der Waals surface area contributed by atoms with Gasteiger partial charge >= 0.3 is 0 Å². The number of amides is 2. The van der Waals surface area contributed by atoms with Crippen molar-refractivity contribution in [1.29, 1.82) is 0 Å². The van der Waals surface area contributed by atoms with E-state index in [1.165, 1.54) is 5.56 Å². The van der Waals surface area contributed by atoms with Gasteiger partial charge in [-0.1, -0.05) is 46.3 Å². The fourth-order valence-electron chi connectivity index (χ4n) is 4.24. The second-order valence-corrected chi connectivity index (χ2v) is 9.26. The molecule has 0 aliphatic carbocycles. The van der Waals surface area contributed by atoms with E-state index in [0.717, 1.165) is 42.0 Å². The smallest absolute Gasteiger partial charge is 0.227 e. The van der Waals surface area contributed by atoms with E-state index >= 15 is 0 Å². The van der Waals surface area contributed by atoms with Crippen molar-refractivity contribution in [3.05, 3.63) is 64.1 Å². The second kappa shape index (κ2) is 9.94. The summed E-state index contributed by atoms with van der Waals surface area (Å²) in [5.41, 5.74) is 3.12. The lowest BCUT2D eigenvalue weighted by Gasteiger charge is -2.31. The third-order valence-corrected chi connectivity index (χ3v) is 6.30. The first kappa shape index (κ1) is 22.0. The van der Waals surface area contributed by atoms with Gasteiger partial charge in [-0.15, -0.1) is 0 Å². The zero-order valence-electron chi connectivity index (χ0n) is 17.7. The molecule has 2 atom stereocenters. The van der Waals surface area contributed by atoms with Crippen LogP contribution in [0.5, 0.6) is 0 Å². The normalized spacial score (nSPS) is 22.0. The van der Waals surface area contributed by atoms with Gasteiger partial charge in [0.1, 0.15) is 0 Å². The van der Waals surface area contributed by atoms with Crippen LogP contribution in [-0.2, 0) is 27.4 Å². The predicted octanol–water partition coefficient (Wildman–Crippen LogP) is 3.34. The van der Waals surface area contributed by atoms with Crippen molar-refractivity contribution >= 4 is 33.4 Å². The Bertz CT molecular complexity index is 951. The van der Waals surface area contributed by atoms with Crippen molar-refractivity contribution in [3.63, 3.8) is 0 Å². The number of hydrogen-bond acceptors (Lipinski definition) is 4. The summed E-state index contributed by atoms with van der Waals surface area (Å²) in [6.45, 7) is 6.51. The number of benzene rings is 2. The number of carbonyl (C=O) groups is 2. The lowest BCUT2D eigenvalue weighted by atomic mass is 10.1. The van der Waals surface area contributed by atoms with Crippen molar-refractivity contribution in [2.24, 2.45) is 5.92 Å². The molecule has 31 heavy (non-hydrogen) atoms. The SMILES string of the molecule is CC1CN(Cc2cccc(CNC(=O)C3CC(=O)N(c4cccc(Br)c4)C3)c2)CCO1. The quantitative estimate of drug-likeness (QED) is 0.681. The molecule has 2 unspecified atom stereocenters. The maximum absolute atomic E-state index is 12.7. The highest BCUT2D eigenvalue weighted by atomic mass is 79.9. The maximum Gasteiger partial charge on any atom is 0.227 e. The zero-order valence-corrected chi connectivity index (χ0v) is 19.3. The summed E-state index contributed by atoms with van der Waals surface area (Å²) in [6.07, 6.45) is 0.509. The van der Waals surface area contributed by atoms with Crippen molar-refractivity contribution in [3.8, 4) is 0 Å². The van der Waals surface area contributed by atoms with Gasteiger partial charge in [-0.25, -0.2) is 0 Å². The van der Waals surface area contributed by atoms with Crippen LogP contribution in [-0.4, -0.2) is 49.1 Å². The molecular formula is C24H28BrN3O3. The molecule has 2 aromatic carbocycles. The molecule has 2 fully saturated rings. The van der Waals surface area contributed by atoms with E-state index < -0.39 is 0 Å². The Morgan fingerprint density at radius 2 is 1.97 bits per heavy atom. The minimum atomic E-state index is -0.329. The summed E-state index contributed by atoms with van der Waals surface area (Å²) in [7, 11) is 0. The topological polar surface area (TPSA) is 61.9 Å². The van der Waals surface area contributed by atoms with Crippen LogP contribution >= 0.6 is 15.9 Å². The van der Waals surface area contributed by atoms with Crippen LogP contribution in [0.2, 0.25) is 0 Å². The van der Waals surface area contributed by atoms with Gasteiger partial charge in [0.25, 0.3) is 0 Å². The average Bonchev–Trinajstić information content (AvgIpc) is 3.14. The molecule has 2 aliphatic heterocycles. The van der Waals surface area contributed by atoms with Gasteiger partial charge in [-0.05, 0) is 36.2 Å². The summed E-state index contributed by atoms with van der Waals surface area (Å²) in [6, 6.07) is 15.9. The summed E-state index contributed by atoms with van der Waals surface area (Å²) < 4.78 is 6.53. The van der Waals surface area contributed by atoms with Crippen molar-refractivity contribution in [2.45, 2.75) is 32.5 Å². The molecule has 0 saturated carbocycles. The Balaban J connectivity index is 1.31. The number of morpholine rings is 1. The van der Waals surface area contributed by atoms with E-state index in [2.05, 4.69) is 45.2 Å². The largest absolute Gasteiger partial charge is 0.376 e. The first-order chi connectivity index (χ1) is 15.0. The lowest BCUT2D eigenvalue weighted by molar-refractivity contribution is -0.126. The highest BCUT2D eigenvalue weighted by Crippen LogP contribution is 2.27. The average molecular weight is 486 g/mol. The number of ether oxygens (including phenoxy) is 1. The van der Waals surface area contributed by atoms with Crippen LogP contribution in [0.3, 0.4) is 0 Å². The van der Waals surface area contributed by atoms with E-state index in [4.69, 9.17) is 4.74 Å². The lowest BCUT2D eigenvalue weighted by Crippen LogP contribution is -2.40. The predicted molar refractivity (Wildman–Crippen MR) is 124 cm³/mol. The minimum absolute atomic E-state index is 0.0139. The van der Waals surface area contributed by atoms with Crippen LogP contribution in [0.25, 0.3) is 0 Å². The number of nitrogens with one attached hydrogen (secondary N) is 1. The first-order valence-electron chi connectivity index (χ1n) is 10.7. The van der Waals surface area contributed by atoms with Gasteiger partial charge in [-0.3, -0.25) is 14.5 Å². The van der Waals surface area contributed by atoms with Gasteiger partial charge in [-0.2, -0.15) is 0 Å². The van der Waals surface area contributed by atoms with Crippen LogP contribution < -0.4 is 10.2 Å². The van der Waals surface area contributed by atoms with E-state index in [9.17, 15) is 9.59 Å². The molecule has 1 N–H and O–H groups in total. The Kier molecular flexibility index (Phi) is 7.05. The molecule has 2 aliphatic rings. The van der Waals surface area contributed by atoms with Gasteiger partial charge in [0, 0.05) is 49.3 Å². The molecule has 0 spiro atoms. The number of anilines is 1. The molecule has 0 bridgehead atoms. The molecule has 0 aromatic heterocycles. The second-order valence-electron chi connectivity index (χ2n) is 8.34. The third-order valence-electron chi connectivity index (χ3n) is 5.81. The molecule has 4 rings (SSSR count). The summed E-state index contributed by atoms with van der Waals surface area (Å²) in [4.78, 5) is 29.3. The summed E-state index contributed by atoms with van der Waals surface area (Å²) in [5.74, 6) is -0.414. The van der Waals surface area contributed by atoms with Gasteiger partial charge < -0.3 is 15.0 Å². The maximum atomic E-state index is 12.7. The fourth-order valence-corrected chi connectivity index (χ4v) is 4.63. The Morgan fingerprint density at radius 1 is 1.16 bits per heavy atom. The standard InChI is InChI=1S/C24H28BrN3O3/c1-17-14-27(8-9-31-17)15-19-5-2-4-18(10-19)13-26-24(30)20-11-23(29)28(16-20)22-7-3-6-21(25)12-22/h2-7,10,12,17,20H,8-9,11,13-16H2,1H3,(H,26,30). The van der Waals surface area contributed by atoms with Crippen LogP contribution in [0.15, 0.2) is 53.0 Å². The molecular weight excluding hydrogens is 458 g/mol. The van der Waals surface area contributed by atoms with Crippen LogP contribution in [0.4, 0.5) is 5.69 Å². The highest BCUT2D eigenvalue weighted by Gasteiger charge is 2.35. The number of nitrogens with zero attached hydrogens (tertiary/aromatic N) is 2. The van der Waals surface area contributed by atoms with E-state index in [1.807, 2.05) is 36.4 Å².